The Morgan fingerprint density at radius 1 is 1.14 bits per heavy atom. The number of nitrogens with zero attached hydrogens (tertiary/aromatic N) is 1. The number of hydrogen-bond donors (Lipinski definition) is 2. The third-order valence-corrected chi connectivity index (χ3v) is 3.15. The lowest BCUT2D eigenvalue weighted by Crippen LogP contribution is -2.42. The van der Waals surface area contributed by atoms with Gasteiger partial charge in [0, 0.05) is 7.11 Å². The van der Waals surface area contributed by atoms with E-state index in [-0.39, 0.29) is 5.92 Å². The monoisotopic (exact) mass is 295 g/mol. The maximum Gasteiger partial charge on any atom is 0.142 e. The van der Waals surface area contributed by atoms with E-state index in [2.05, 4.69) is 5.16 Å². The third-order valence-electron chi connectivity index (χ3n) is 3.15. The number of oxime groups is 1. The highest BCUT2D eigenvalue weighted by molar-refractivity contribution is 5.92. The first-order chi connectivity index (χ1) is 9.97. The van der Waals surface area contributed by atoms with Gasteiger partial charge in [0.15, 0.2) is 0 Å². The molecule has 5 heteroatoms. The van der Waals surface area contributed by atoms with Crippen LogP contribution in [-0.4, -0.2) is 41.3 Å². The summed E-state index contributed by atoms with van der Waals surface area (Å²) in [4.78, 5) is 5.32. The van der Waals surface area contributed by atoms with Gasteiger partial charge >= 0.3 is 0 Å². The summed E-state index contributed by atoms with van der Waals surface area (Å²) in [6.07, 6.45) is -2.47. The molecule has 0 amide bonds. The molecule has 0 aliphatic rings. The summed E-state index contributed by atoms with van der Waals surface area (Å²) in [7, 11) is 1.55. The minimum absolute atomic E-state index is 0.0995. The molecule has 2 N–H and O–H groups in total. The summed E-state index contributed by atoms with van der Waals surface area (Å²) >= 11 is 0. The van der Waals surface area contributed by atoms with Gasteiger partial charge in [-0.1, -0.05) is 49.3 Å². The van der Waals surface area contributed by atoms with Crippen molar-refractivity contribution in [3.8, 4) is 0 Å². The summed E-state index contributed by atoms with van der Waals surface area (Å²) in [5.74, 6) is 0.0995. The normalized spacial score (nSPS) is 16.6. The molecular weight excluding hydrogens is 270 g/mol. The molecule has 0 radical (unpaired) electrons. The van der Waals surface area contributed by atoms with Gasteiger partial charge < -0.3 is 19.8 Å². The molecule has 0 spiro atoms. The van der Waals surface area contributed by atoms with Gasteiger partial charge in [0.05, 0.1) is 6.10 Å². The Morgan fingerprint density at radius 2 is 1.76 bits per heavy atom. The maximum atomic E-state index is 10.1. The molecule has 118 valence electrons. The fourth-order valence-corrected chi connectivity index (χ4v) is 2.01. The Morgan fingerprint density at radius 3 is 2.24 bits per heavy atom. The van der Waals surface area contributed by atoms with E-state index in [0.717, 1.165) is 5.56 Å². The van der Waals surface area contributed by atoms with Crippen LogP contribution < -0.4 is 0 Å². The van der Waals surface area contributed by atoms with Gasteiger partial charge in [-0.3, -0.25) is 0 Å². The smallest absolute Gasteiger partial charge is 0.142 e. The van der Waals surface area contributed by atoms with Crippen LogP contribution in [0, 0.1) is 5.92 Å². The number of methoxy groups -OCH3 is 1. The molecule has 0 heterocycles. The zero-order valence-corrected chi connectivity index (χ0v) is 13.1. The number of benzene rings is 1. The van der Waals surface area contributed by atoms with Crippen LogP contribution in [0.15, 0.2) is 35.5 Å². The summed E-state index contributed by atoms with van der Waals surface area (Å²) in [6.45, 7) is 5.71. The molecule has 0 aliphatic heterocycles. The molecule has 1 aromatic carbocycles. The standard InChI is InChI=1S/C16H25NO4/c1-11(2)16(20-4)14(15(19)12(3)18)17-21-10-13-8-6-5-7-9-13/h5-9,11-12,15-16,18-19H,10H2,1-4H3/b17-14+/t12-,15?,16+/m1/s1. The largest absolute Gasteiger partial charge is 0.391 e. The molecule has 3 atom stereocenters. The van der Waals surface area contributed by atoms with E-state index in [1.165, 1.54) is 6.92 Å². The quantitative estimate of drug-likeness (QED) is 0.568. The predicted molar refractivity (Wildman–Crippen MR) is 82.0 cm³/mol. The molecule has 1 aromatic rings. The van der Waals surface area contributed by atoms with E-state index in [1.54, 1.807) is 7.11 Å². The fraction of sp³-hybridized carbons (Fsp3) is 0.562. The van der Waals surface area contributed by atoms with E-state index < -0.39 is 18.3 Å². The van der Waals surface area contributed by atoms with Crippen molar-refractivity contribution in [3.05, 3.63) is 35.9 Å². The van der Waals surface area contributed by atoms with Crippen molar-refractivity contribution in [2.45, 2.75) is 45.7 Å². The molecule has 0 fully saturated rings. The van der Waals surface area contributed by atoms with Crippen LogP contribution in [0.5, 0.6) is 0 Å². The molecule has 21 heavy (non-hydrogen) atoms. The molecule has 0 aromatic heterocycles. The van der Waals surface area contributed by atoms with Crippen LogP contribution in [-0.2, 0) is 16.2 Å². The zero-order chi connectivity index (χ0) is 15.8. The Labute approximate surface area is 126 Å². The van der Waals surface area contributed by atoms with Gasteiger partial charge in [-0.2, -0.15) is 0 Å². The van der Waals surface area contributed by atoms with E-state index in [1.807, 2.05) is 44.2 Å². The second-order valence-electron chi connectivity index (χ2n) is 5.36. The van der Waals surface area contributed by atoms with Crippen molar-refractivity contribution >= 4 is 5.71 Å². The first kappa shape index (κ1) is 17.6. The Balaban J connectivity index is 2.82. The molecular formula is C16H25NO4. The SMILES string of the molecule is CO[C@H](/C(=N/OCc1ccccc1)C(O)[C@@H](C)O)C(C)C. The third kappa shape index (κ3) is 5.46. The van der Waals surface area contributed by atoms with Crippen molar-refractivity contribution in [2.75, 3.05) is 7.11 Å². The van der Waals surface area contributed by atoms with Crippen molar-refractivity contribution < 1.29 is 19.8 Å². The predicted octanol–water partition coefficient (Wildman–Crippen LogP) is 1.97. The van der Waals surface area contributed by atoms with E-state index in [0.29, 0.717) is 12.3 Å². The van der Waals surface area contributed by atoms with Crippen LogP contribution in [0.2, 0.25) is 0 Å². The average molecular weight is 295 g/mol. The average Bonchev–Trinajstić information content (AvgIpc) is 2.46. The zero-order valence-electron chi connectivity index (χ0n) is 13.1. The van der Waals surface area contributed by atoms with Gasteiger partial charge in [-0.05, 0) is 18.4 Å². The second kappa shape index (κ2) is 8.77. The lowest BCUT2D eigenvalue weighted by Gasteiger charge is -2.25. The summed E-state index contributed by atoms with van der Waals surface area (Å²) in [5.41, 5.74) is 1.28. The van der Waals surface area contributed by atoms with Gasteiger partial charge in [0.1, 0.15) is 24.5 Å². The van der Waals surface area contributed by atoms with E-state index in [9.17, 15) is 10.2 Å². The van der Waals surface area contributed by atoms with Crippen molar-refractivity contribution in [1.82, 2.24) is 0 Å². The lowest BCUT2D eigenvalue weighted by molar-refractivity contribution is 0.0428. The van der Waals surface area contributed by atoms with Gasteiger partial charge in [0.25, 0.3) is 0 Å². The summed E-state index contributed by atoms with van der Waals surface area (Å²) < 4.78 is 5.37. The number of aliphatic hydroxyl groups excluding tert-OH is 2. The van der Waals surface area contributed by atoms with Crippen LogP contribution in [0.4, 0.5) is 0 Å². The Hall–Kier alpha value is -1.43. The number of aliphatic hydroxyl groups is 2. The number of ether oxygens (including phenoxy) is 1. The first-order valence-electron chi connectivity index (χ1n) is 7.10. The summed E-state index contributed by atoms with van der Waals surface area (Å²) in [5, 5.41) is 23.7. The molecule has 5 nitrogen and oxygen atoms in total. The highest BCUT2D eigenvalue weighted by atomic mass is 16.6. The van der Waals surface area contributed by atoms with Crippen molar-refractivity contribution in [3.63, 3.8) is 0 Å². The minimum Gasteiger partial charge on any atom is -0.391 e. The van der Waals surface area contributed by atoms with Crippen LogP contribution >= 0.6 is 0 Å². The minimum atomic E-state index is -1.12. The van der Waals surface area contributed by atoms with Crippen LogP contribution in [0.25, 0.3) is 0 Å². The Kier molecular flexibility index (Phi) is 7.36. The van der Waals surface area contributed by atoms with E-state index >= 15 is 0 Å². The molecule has 1 rings (SSSR count). The van der Waals surface area contributed by atoms with E-state index in [4.69, 9.17) is 9.57 Å². The second-order valence-corrected chi connectivity index (χ2v) is 5.36. The van der Waals surface area contributed by atoms with Gasteiger partial charge in [-0.15, -0.1) is 0 Å². The number of rotatable bonds is 8. The number of hydrogen-bond acceptors (Lipinski definition) is 5. The summed E-state index contributed by atoms with van der Waals surface area (Å²) in [6, 6.07) is 9.61. The van der Waals surface area contributed by atoms with Gasteiger partial charge in [-0.25, -0.2) is 0 Å². The highest BCUT2D eigenvalue weighted by Gasteiger charge is 2.29. The van der Waals surface area contributed by atoms with Crippen molar-refractivity contribution in [2.24, 2.45) is 11.1 Å². The lowest BCUT2D eigenvalue weighted by atomic mass is 9.96. The highest BCUT2D eigenvalue weighted by Crippen LogP contribution is 2.13. The van der Waals surface area contributed by atoms with Crippen molar-refractivity contribution in [1.29, 1.82) is 0 Å². The molecule has 0 aliphatic carbocycles. The van der Waals surface area contributed by atoms with Crippen LogP contribution in [0.3, 0.4) is 0 Å². The van der Waals surface area contributed by atoms with Gasteiger partial charge in [0.2, 0.25) is 0 Å². The van der Waals surface area contributed by atoms with Crippen LogP contribution in [0.1, 0.15) is 26.3 Å². The fourth-order valence-electron chi connectivity index (χ4n) is 2.01. The Bertz CT molecular complexity index is 431. The maximum absolute atomic E-state index is 10.1. The molecule has 0 saturated heterocycles. The molecule has 1 unspecified atom stereocenters. The topological polar surface area (TPSA) is 71.3 Å². The first-order valence-corrected chi connectivity index (χ1v) is 7.10. The molecule has 0 bridgehead atoms. The molecule has 0 saturated carbocycles.